The summed E-state index contributed by atoms with van der Waals surface area (Å²) in [6, 6.07) is 2.85. The Morgan fingerprint density at radius 1 is 1.43 bits per heavy atom. The van der Waals surface area contributed by atoms with Crippen LogP contribution in [0.25, 0.3) is 0 Å². The third kappa shape index (κ3) is 3.76. The number of carboxylic acid groups (broad SMARTS) is 1. The molecule has 1 aromatic heterocycles. The van der Waals surface area contributed by atoms with Crippen molar-refractivity contribution in [2.45, 2.75) is 13.5 Å². The number of hydrogen-bond acceptors (Lipinski definition) is 4. The zero-order valence-electron chi connectivity index (χ0n) is 11.0. The molecule has 2 aromatic rings. The second-order valence-corrected chi connectivity index (χ2v) is 5.46. The third-order valence-electron chi connectivity index (χ3n) is 2.55. The van der Waals surface area contributed by atoms with Gasteiger partial charge in [-0.2, -0.15) is 0 Å². The summed E-state index contributed by atoms with van der Waals surface area (Å²) >= 11 is 1.43. The Balaban J connectivity index is 2.04. The highest BCUT2D eigenvalue weighted by Crippen LogP contribution is 2.19. The van der Waals surface area contributed by atoms with E-state index in [-0.39, 0.29) is 17.8 Å². The van der Waals surface area contributed by atoms with Crippen molar-refractivity contribution in [2.75, 3.05) is 5.32 Å². The van der Waals surface area contributed by atoms with Crippen LogP contribution in [0.5, 0.6) is 0 Å². The molecule has 6 nitrogen and oxygen atoms in total. The summed E-state index contributed by atoms with van der Waals surface area (Å²) in [6.07, 6.45) is 1.68. The van der Waals surface area contributed by atoms with Gasteiger partial charge in [-0.25, -0.2) is 19.0 Å². The Morgan fingerprint density at radius 3 is 2.81 bits per heavy atom. The zero-order valence-corrected chi connectivity index (χ0v) is 11.8. The predicted molar refractivity (Wildman–Crippen MR) is 76.1 cm³/mol. The average molecular weight is 309 g/mol. The molecule has 0 radical (unpaired) electrons. The van der Waals surface area contributed by atoms with Gasteiger partial charge in [0.05, 0.1) is 17.8 Å². The van der Waals surface area contributed by atoms with Crippen molar-refractivity contribution in [1.29, 1.82) is 0 Å². The number of carboxylic acids is 1. The van der Waals surface area contributed by atoms with E-state index in [1.807, 2.05) is 6.92 Å². The summed E-state index contributed by atoms with van der Waals surface area (Å²) in [5, 5.41) is 14.4. The molecule has 0 aliphatic heterocycles. The molecule has 0 fully saturated rings. The number of thiazole rings is 1. The number of hydrogen-bond donors (Lipinski definition) is 3. The molecular weight excluding hydrogens is 297 g/mol. The topological polar surface area (TPSA) is 91.3 Å². The summed E-state index contributed by atoms with van der Waals surface area (Å²) in [6.45, 7) is 2.07. The molecule has 2 amide bonds. The maximum atomic E-state index is 13.6. The lowest BCUT2D eigenvalue weighted by Gasteiger charge is -2.10. The van der Waals surface area contributed by atoms with Crippen molar-refractivity contribution in [3.8, 4) is 0 Å². The number of nitrogens with one attached hydrogen (secondary N) is 2. The van der Waals surface area contributed by atoms with Gasteiger partial charge < -0.3 is 15.7 Å². The van der Waals surface area contributed by atoms with E-state index in [0.717, 1.165) is 10.9 Å². The summed E-state index contributed by atoms with van der Waals surface area (Å²) in [5.41, 5.74) is -0.673. The van der Waals surface area contributed by atoms with Gasteiger partial charge in [-0.1, -0.05) is 6.07 Å². The van der Waals surface area contributed by atoms with Crippen LogP contribution in [0.1, 0.15) is 20.2 Å². The molecule has 21 heavy (non-hydrogen) atoms. The fraction of sp³-hybridized carbons (Fsp3) is 0.154. The van der Waals surface area contributed by atoms with E-state index in [9.17, 15) is 14.0 Å². The van der Waals surface area contributed by atoms with E-state index in [4.69, 9.17) is 5.11 Å². The lowest BCUT2D eigenvalue weighted by Crippen LogP contribution is -2.29. The second-order valence-electron chi connectivity index (χ2n) is 4.14. The maximum Gasteiger partial charge on any atom is 0.337 e. The van der Waals surface area contributed by atoms with Crippen molar-refractivity contribution in [2.24, 2.45) is 0 Å². The summed E-state index contributed by atoms with van der Waals surface area (Å²) in [4.78, 5) is 27.8. The number of halogens is 1. The molecule has 0 spiro atoms. The molecular formula is C13H12FN3O3S. The normalized spacial score (nSPS) is 10.2. The molecule has 0 atom stereocenters. The molecule has 0 saturated heterocycles. The maximum absolute atomic E-state index is 13.6. The highest BCUT2D eigenvalue weighted by atomic mass is 32.1. The Kier molecular flexibility index (Phi) is 4.49. The number of anilines is 1. The number of para-hydroxylation sites is 1. The van der Waals surface area contributed by atoms with Crippen LogP contribution in [0.15, 0.2) is 24.4 Å². The molecule has 0 aliphatic carbocycles. The minimum absolute atomic E-state index is 0.182. The number of aromatic carboxylic acids is 1. The minimum atomic E-state index is -1.32. The molecule has 0 unspecified atom stereocenters. The predicted octanol–water partition coefficient (Wildman–Crippen LogP) is 2.61. The number of rotatable bonds is 4. The van der Waals surface area contributed by atoms with E-state index in [0.29, 0.717) is 5.01 Å². The average Bonchev–Trinajstić information content (AvgIpc) is 2.84. The van der Waals surface area contributed by atoms with Gasteiger partial charge in [0.2, 0.25) is 0 Å². The number of aromatic nitrogens is 1. The van der Waals surface area contributed by atoms with Gasteiger partial charge in [-0.3, -0.25) is 0 Å². The highest BCUT2D eigenvalue weighted by Gasteiger charge is 2.16. The van der Waals surface area contributed by atoms with Gasteiger partial charge in [0, 0.05) is 11.1 Å². The minimum Gasteiger partial charge on any atom is -0.478 e. The standard InChI is InChI=1S/C13H12FN3O3S/c1-7-5-15-10(21-7)6-16-13(20)17-11-8(12(18)19)3-2-4-9(11)14/h2-5H,6H2,1H3,(H,18,19)(H2,16,17,20). The first kappa shape index (κ1) is 14.9. The Morgan fingerprint density at radius 2 is 2.19 bits per heavy atom. The van der Waals surface area contributed by atoms with Gasteiger partial charge in [0.15, 0.2) is 0 Å². The molecule has 1 aromatic carbocycles. The number of carbonyl (C=O) groups is 2. The summed E-state index contributed by atoms with van der Waals surface area (Å²) in [5.74, 6) is -2.13. The van der Waals surface area contributed by atoms with Gasteiger partial charge >= 0.3 is 12.0 Å². The number of amides is 2. The van der Waals surface area contributed by atoms with E-state index < -0.39 is 17.8 Å². The SMILES string of the molecule is Cc1cnc(CNC(=O)Nc2c(F)cccc2C(=O)O)s1. The van der Waals surface area contributed by atoms with Crippen LogP contribution >= 0.6 is 11.3 Å². The number of carbonyl (C=O) groups excluding carboxylic acids is 1. The first-order valence-corrected chi connectivity index (χ1v) is 6.77. The van der Waals surface area contributed by atoms with Crippen LogP contribution in [0.3, 0.4) is 0 Å². The van der Waals surface area contributed by atoms with Crippen LogP contribution in [0, 0.1) is 12.7 Å². The van der Waals surface area contributed by atoms with Crippen molar-refractivity contribution in [1.82, 2.24) is 10.3 Å². The number of nitrogens with zero attached hydrogens (tertiary/aromatic N) is 1. The van der Waals surface area contributed by atoms with Crippen molar-refractivity contribution < 1.29 is 19.1 Å². The summed E-state index contributed by atoms with van der Waals surface area (Å²) in [7, 11) is 0. The van der Waals surface area contributed by atoms with Gasteiger partial charge in [0.1, 0.15) is 10.8 Å². The van der Waals surface area contributed by atoms with Crippen LogP contribution in [-0.2, 0) is 6.54 Å². The van der Waals surface area contributed by atoms with E-state index in [1.165, 1.54) is 23.5 Å². The quantitative estimate of drug-likeness (QED) is 0.809. The molecule has 8 heteroatoms. The summed E-state index contributed by atoms with van der Waals surface area (Å²) < 4.78 is 13.6. The Labute approximate surface area is 123 Å². The molecule has 110 valence electrons. The van der Waals surface area contributed by atoms with Crippen LogP contribution in [0.2, 0.25) is 0 Å². The molecule has 0 saturated carbocycles. The molecule has 3 N–H and O–H groups in total. The number of urea groups is 1. The molecule has 1 heterocycles. The monoisotopic (exact) mass is 309 g/mol. The van der Waals surface area contributed by atoms with E-state index in [2.05, 4.69) is 15.6 Å². The fourth-order valence-corrected chi connectivity index (χ4v) is 2.35. The van der Waals surface area contributed by atoms with Gasteiger partial charge in [-0.15, -0.1) is 11.3 Å². The van der Waals surface area contributed by atoms with Crippen LogP contribution in [0.4, 0.5) is 14.9 Å². The van der Waals surface area contributed by atoms with Crippen LogP contribution < -0.4 is 10.6 Å². The number of aryl methyl sites for hydroxylation is 1. The highest BCUT2D eigenvalue weighted by molar-refractivity contribution is 7.11. The molecule has 0 aliphatic rings. The largest absolute Gasteiger partial charge is 0.478 e. The number of benzene rings is 1. The van der Waals surface area contributed by atoms with Crippen molar-refractivity contribution >= 4 is 29.0 Å². The molecule has 0 bridgehead atoms. The molecule has 2 rings (SSSR count). The zero-order chi connectivity index (χ0) is 15.4. The second kappa shape index (κ2) is 6.31. The first-order valence-electron chi connectivity index (χ1n) is 5.95. The van der Waals surface area contributed by atoms with Crippen molar-refractivity contribution in [3.05, 3.63) is 45.7 Å². The lowest BCUT2D eigenvalue weighted by atomic mass is 10.1. The smallest absolute Gasteiger partial charge is 0.337 e. The van der Waals surface area contributed by atoms with Gasteiger partial charge in [0.25, 0.3) is 0 Å². The van der Waals surface area contributed by atoms with E-state index >= 15 is 0 Å². The first-order chi connectivity index (χ1) is 9.97. The van der Waals surface area contributed by atoms with Crippen LogP contribution in [-0.4, -0.2) is 22.1 Å². The lowest BCUT2D eigenvalue weighted by molar-refractivity contribution is 0.0697. The fourth-order valence-electron chi connectivity index (χ4n) is 1.63. The third-order valence-corrected chi connectivity index (χ3v) is 3.46. The van der Waals surface area contributed by atoms with E-state index in [1.54, 1.807) is 6.20 Å². The van der Waals surface area contributed by atoms with Gasteiger partial charge in [-0.05, 0) is 19.1 Å². The Hall–Kier alpha value is -2.48. The van der Waals surface area contributed by atoms with Crippen molar-refractivity contribution in [3.63, 3.8) is 0 Å². The Bertz CT molecular complexity index is 687.